The molecule has 0 aliphatic carbocycles. The monoisotopic (exact) mass is 480 g/mol. The third-order valence-electron chi connectivity index (χ3n) is 7.80. The van der Waals surface area contributed by atoms with Crippen molar-refractivity contribution >= 4 is 39.5 Å². The van der Waals surface area contributed by atoms with Crippen molar-refractivity contribution in [2.24, 2.45) is 0 Å². The molecule has 3 heterocycles. The minimum Gasteiger partial charge on any atom is -0.361 e. The van der Waals surface area contributed by atoms with Crippen molar-refractivity contribution in [1.82, 2.24) is 20.1 Å². The van der Waals surface area contributed by atoms with E-state index in [9.17, 15) is 14.4 Å². The smallest absolute Gasteiger partial charge is 0.325 e. The van der Waals surface area contributed by atoms with Gasteiger partial charge in [0.1, 0.15) is 12.1 Å². The van der Waals surface area contributed by atoms with Crippen molar-refractivity contribution in [2.75, 3.05) is 19.6 Å². The number of imide groups is 1. The van der Waals surface area contributed by atoms with Gasteiger partial charge in [-0.05, 0) is 59.7 Å². The van der Waals surface area contributed by atoms with E-state index in [1.54, 1.807) is 11.8 Å². The number of rotatable bonds is 4. The number of piperidine rings is 1. The van der Waals surface area contributed by atoms with Crippen LogP contribution in [0.2, 0.25) is 0 Å². The first-order valence-corrected chi connectivity index (χ1v) is 12.4. The van der Waals surface area contributed by atoms with E-state index in [2.05, 4.69) is 28.6 Å². The highest BCUT2D eigenvalue weighted by Gasteiger charge is 2.49. The minimum absolute atomic E-state index is 0.196. The summed E-state index contributed by atoms with van der Waals surface area (Å²) >= 11 is 0. The van der Waals surface area contributed by atoms with Gasteiger partial charge in [0.15, 0.2) is 0 Å². The van der Waals surface area contributed by atoms with Crippen LogP contribution in [-0.2, 0) is 15.1 Å². The van der Waals surface area contributed by atoms with Crippen LogP contribution in [0.3, 0.4) is 0 Å². The number of fused-ring (bicyclic) bond motifs is 2. The summed E-state index contributed by atoms with van der Waals surface area (Å²) in [5.74, 6) is -0.221. The topological polar surface area (TPSA) is 85.5 Å². The quantitative estimate of drug-likeness (QED) is 0.422. The van der Waals surface area contributed by atoms with Gasteiger partial charge in [-0.2, -0.15) is 0 Å². The average Bonchev–Trinajstić information content (AvgIpc) is 3.43. The number of amides is 4. The first-order chi connectivity index (χ1) is 17.4. The molecule has 182 valence electrons. The maximum absolute atomic E-state index is 13.4. The highest BCUT2D eigenvalue weighted by atomic mass is 16.2. The Morgan fingerprint density at radius 2 is 1.69 bits per heavy atom. The lowest BCUT2D eigenvalue weighted by Crippen LogP contribution is -2.46. The number of carbonyl (C=O) groups is 3. The van der Waals surface area contributed by atoms with E-state index >= 15 is 0 Å². The Morgan fingerprint density at radius 3 is 2.50 bits per heavy atom. The SMILES string of the molecule is CC1(c2ccc3ccccc3c2)NC(=O)N(CC(=O)N2CCC(c3c[nH]c4ccccc34)CC2)C1=O. The first kappa shape index (κ1) is 22.3. The molecular weight excluding hydrogens is 452 g/mol. The van der Waals surface area contributed by atoms with E-state index in [1.807, 2.05) is 54.6 Å². The van der Waals surface area contributed by atoms with Crippen LogP contribution in [0.15, 0.2) is 72.9 Å². The van der Waals surface area contributed by atoms with Crippen molar-refractivity contribution in [2.45, 2.75) is 31.2 Å². The number of carbonyl (C=O) groups excluding carboxylic acids is 3. The second kappa shape index (κ2) is 8.52. The molecule has 3 aromatic carbocycles. The van der Waals surface area contributed by atoms with E-state index < -0.39 is 17.5 Å². The van der Waals surface area contributed by atoms with Crippen molar-refractivity contribution < 1.29 is 14.4 Å². The third kappa shape index (κ3) is 3.63. The van der Waals surface area contributed by atoms with Crippen LogP contribution in [-0.4, -0.2) is 52.3 Å². The predicted molar refractivity (Wildman–Crippen MR) is 138 cm³/mol. The van der Waals surface area contributed by atoms with Gasteiger partial charge in [-0.25, -0.2) is 4.79 Å². The van der Waals surface area contributed by atoms with Gasteiger partial charge < -0.3 is 15.2 Å². The Balaban J connectivity index is 1.13. The fourth-order valence-corrected chi connectivity index (χ4v) is 5.64. The number of likely N-dealkylation sites (tertiary alicyclic amines) is 1. The highest BCUT2D eigenvalue weighted by Crippen LogP contribution is 2.34. The summed E-state index contributed by atoms with van der Waals surface area (Å²) in [6, 6.07) is 21.3. The van der Waals surface area contributed by atoms with Crippen LogP contribution in [0.25, 0.3) is 21.7 Å². The first-order valence-electron chi connectivity index (χ1n) is 12.4. The Morgan fingerprint density at radius 1 is 0.972 bits per heavy atom. The number of aromatic nitrogens is 1. The molecule has 7 nitrogen and oxygen atoms in total. The molecule has 0 spiro atoms. The highest BCUT2D eigenvalue weighted by molar-refractivity contribution is 6.09. The lowest BCUT2D eigenvalue weighted by molar-refractivity contribution is -0.139. The summed E-state index contributed by atoms with van der Waals surface area (Å²) in [5.41, 5.74) is 1.91. The molecule has 2 saturated heterocycles. The van der Waals surface area contributed by atoms with Gasteiger partial charge in [-0.3, -0.25) is 14.5 Å². The van der Waals surface area contributed by atoms with Gasteiger partial charge in [0.2, 0.25) is 5.91 Å². The van der Waals surface area contributed by atoms with Crippen LogP contribution in [0, 0.1) is 0 Å². The largest absolute Gasteiger partial charge is 0.361 e. The Bertz CT molecular complexity index is 1500. The lowest BCUT2D eigenvalue weighted by Gasteiger charge is -2.32. The van der Waals surface area contributed by atoms with E-state index in [-0.39, 0.29) is 12.5 Å². The van der Waals surface area contributed by atoms with Crippen molar-refractivity contribution in [1.29, 1.82) is 0 Å². The van der Waals surface area contributed by atoms with E-state index in [1.165, 1.54) is 10.9 Å². The summed E-state index contributed by atoms with van der Waals surface area (Å²) in [6.45, 7) is 2.67. The van der Waals surface area contributed by atoms with Gasteiger partial charge in [-0.1, -0.05) is 54.6 Å². The average molecular weight is 481 g/mol. The van der Waals surface area contributed by atoms with E-state index in [0.717, 1.165) is 34.0 Å². The van der Waals surface area contributed by atoms with Gasteiger partial charge >= 0.3 is 6.03 Å². The minimum atomic E-state index is -1.20. The standard InChI is InChI=1S/C29H28N4O3/c1-29(22-11-10-19-6-2-3-7-21(19)16-22)27(35)33(28(36)31-29)18-26(34)32-14-12-20(13-15-32)24-17-30-25-9-5-4-8-23(24)25/h2-11,16-17,20,30H,12-15,18H2,1H3,(H,31,36). The molecular formula is C29H28N4O3. The molecule has 4 amide bonds. The third-order valence-corrected chi connectivity index (χ3v) is 7.80. The summed E-state index contributed by atoms with van der Waals surface area (Å²) < 4.78 is 0. The molecule has 6 rings (SSSR count). The van der Waals surface area contributed by atoms with Gasteiger partial charge in [0, 0.05) is 30.2 Å². The number of hydrogen-bond donors (Lipinski definition) is 2. The molecule has 2 aliphatic heterocycles. The fourth-order valence-electron chi connectivity index (χ4n) is 5.64. The molecule has 0 bridgehead atoms. The molecule has 1 unspecified atom stereocenters. The van der Waals surface area contributed by atoms with Gasteiger partial charge in [-0.15, -0.1) is 0 Å². The Labute approximate surface area is 209 Å². The number of benzene rings is 3. The maximum atomic E-state index is 13.4. The molecule has 1 atom stereocenters. The molecule has 0 radical (unpaired) electrons. The molecule has 4 aromatic rings. The van der Waals surface area contributed by atoms with Crippen molar-refractivity contribution in [3.63, 3.8) is 0 Å². The predicted octanol–water partition coefficient (Wildman–Crippen LogP) is 4.49. The normalized spacial score (nSPS) is 20.9. The number of para-hydroxylation sites is 1. The van der Waals surface area contributed by atoms with Crippen LogP contribution in [0.1, 0.15) is 36.8 Å². The molecule has 2 fully saturated rings. The Hall–Kier alpha value is -4.13. The Kier molecular flexibility index (Phi) is 5.29. The van der Waals surface area contributed by atoms with Gasteiger partial charge in [0.25, 0.3) is 5.91 Å². The van der Waals surface area contributed by atoms with E-state index in [0.29, 0.717) is 24.6 Å². The zero-order valence-corrected chi connectivity index (χ0v) is 20.2. The number of nitrogens with one attached hydrogen (secondary N) is 2. The summed E-state index contributed by atoms with van der Waals surface area (Å²) in [6.07, 6.45) is 3.78. The second-order valence-corrected chi connectivity index (χ2v) is 9.95. The number of H-pyrrole nitrogens is 1. The molecule has 2 N–H and O–H groups in total. The maximum Gasteiger partial charge on any atom is 0.325 e. The molecule has 0 saturated carbocycles. The fraction of sp³-hybridized carbons (Fsp3) is 0.276. The van der Waals surface area contributed by atoms with Crippen molar-refractivity contribution in [3.05, 3.63) is 84.1 Å². The summed E-state index contributed by atoms with van der Waals surface area (Å²) in [4.78, 5) is 45.5. The lowest BCUT2D eigenvalue weighted by atomic mass is 9.89. The molecule has 36 heavy (non-hydrogen) atoms. The van der Waals surface area contributed by atoms with Crippen molar-refractivity contribution in [3.8, 4) is 0 Å². The number of nitrogens with zero attached hydrogens (tertiary/aromatic N) is 2. The van der Waals surface area contributed by atoms with Crippen LogP contribution < -0.4 is 5.32 Å². The molecule has 7 heteroatoms. The zero-order chi connectivity index (χ0) is 24.9. The molecule has 1 aromatic heterocycles. The zero-order valence-electron chi connectivity index (χ0n) is 20.2. The summed E-state index contributed by atoms with van der Waals surface area (Å²) in [5, 5.41) is 6.11. The number of aromatic amines is 1. The summed E-state index contributed by atoms with van der Waals surface area (Å²) in [7, 11) is 0. The van der Waals surface area contributed by atoms with Crippen LogP contribution >= 0.6 is 0 Å². The van der Waals surface area contributed by atoms with Crippen LogP contribution in [0.4, 0.5) is 4.79 Å². The molecule has 2 aliphatic rings. The van der Waals surface area contributed by atoms with Crippen LogP contribution in [0.5, 0.6) is 0 Å². The number of urea groups is 1. The van der Waals surface area contributed by atoms with E-state index in [4.69, 9.17) is 0 Å². The second-order valence-electron chi connectivity index (χ2n) is 9.95. The van der Waals surface area contributed by atoms with Gasteiger partial charge in [0.05, 0.1) is 0 Å². The number of hydrogen-bond acceptors (Lipinski definition) is 3.